The Labute approximate surface area is 212 Å². The number of ether oxygens (including phenoxy) is 1. The van der Waals surface area contributed by atoms with Crippen LogP contribution in [0.3, 0.4) is 0 Å². The van der Waals surface area contributed by atoms with Gasteiger partial charge in [0.2, 0.25) is 5.91 Å². The molecule has 0 aliphatic carbocycles. The van der Waals surface area contributed by atoms with E-state index in [1.54, 1.807) is 13.2 Å². The first-order valence-electron chi connectivity index (χ1n) is 12.5. The summed E-state index contributed by atoms with van der Waals surface area (Å²) in [4.78, 5) is 27.5. The largest absolute Gasteiger partial charge is 0.496 e. The molecule has 8 nitrogen and oxygen atoms in total. The maximum absolute atomic E-state index is 13.1. The van der Waals surface area contributed by atoms with Crippen LogP contribution in [0.5, 0.6) is 5.75 Å². The number of methoxy groups -OCH3 is 1. The van der Waals surface area contributed by atoms with Gasteiger partial charge in [-0.2, -0.15) is 0 Å². The van der Waals surface area contributed by atoms with Crippen molar-refractivity contribution < 1.29 is 14.3 Å². The molecular weight excluding hydrogens is 454 g/mol. The molecular formula is C28H35N5O3. The minimum Gasteiger partial charge on any atom is -0.496 e. The van der Waals surface area contributed by atoms with Crippen molar-refractivity contribution in [3.8, 4) is 5.75 Å². The van der Waals surface area contributed by atoms with Gasteiger partial charge in [-0.3, -0.25) is 9.59 Å². The van der Waals surface area contributed by atoms with E-state index < -0.39 is 0 Å². The molecule has 0 saturated carbocycles. The summed E-state index contributed by atoms with van der Waals surface area (Å²) in [7, 11) is 1.56. The molecule has 2 aliphatic rings. The average Bonchev–Trinajstić information content (AvgIpc) is 3.46. The lowest BCUT2D eigenvalue weighted by molar-refractivity contribution is -0.132. The number of amides is 2. The van der Waals surface area contributed by atoms with Crippen LogP contribution >= 0.6 is 0 Å². The molecule has 1 aromatic heterocycles. The standard InChI is InChI=1S/C28H35N5O3/c1-18(2)14-26(34)32-13-11-21-16-24(36-5)23(15-22(21)17-32)28(35)29-20(4)9-6-8-19(3)27-31-30-25-10-7-12-33(25)27/h6,8-9,15-16,18H,4,7,10-14,17H2,1-3,5H3,(H,29,35)/b9-6-,19-8+. The van der Waals surface area contributed by atoms with Crippen LogP contribution in [0.2, 0.25) is 0 Å². The van der Waals surface area contributed by atoms with Gasteiger partial charge in [-0.25, -0.2) is 0 Å². The Hall–Kier alpha value is -3.68. The summed E-state index contributed by atoms with van der Waals surface area (Å²) in [6, 6.07) is 3.75. The van der Waals surface area contributed by atoms with Gasteiger partial charge in [0.15, 0.2) is 5.82 Å². The molecule has 4 rings (SSSR count). The fraction of sp³-hybridized carbons (Fsp3) is 0.429. The van der Waals surface area contributed by atoms with Crippen molar-refractivity contribution >= 4 is 17.4 Å². The minimum absolute atomic E-state index is 0.149. The monoisotopic (exact) mass is 489 g/mol. The van der Waals surface area contributed by atoms with Gasteiger partial charge >= 0.3 is 0 Å². The molecule has 0 radical (unpaired) electrons. The number of carbonyl (C=O) groups is 2. The first-order chi connectivity index (χ1) is 17.3. The summed E-state index contributed by atoms with van der Waals surface area (Å²) in [5.74, 6) is 2.58. The summed E-state index contributed by atoms with van der Waals surface area (Å²) >= 11 is 0. The van der Waals surface area contributed by atoms with Crippen molar-refractivity contribution in [1.82, 2.24) is 25.0 Å². The topological polar surface area (TPSA) is 89.3 Å². The van der Waals surface area contributed by atoms with Gasteiger partial charge in [0.05, 0.1) is 12.7 Å². The van der Waals surface area contributed by atoms with Crippen LogP contribution < -0.4 is 10.1 Å². The molecule has 2 amide bonds. The number of aryl methyl sites for hydroxylation is 1. The molecule has 0 atom stereocenters. The molecule has 0 bridgehead atoms. The van der Waals surface area contributed by atoms with Crippen LogP contribution in [0.4, 0.5) is 0 Å². The third-order valence-corrected chi connectivity index (χ3v) is 6.59. The zero-order valence-electron chi connectivity index (χ0n) is 21.6. The lowest BCUT2D eigenvalue weighted by Gasteiger charge is -2.30. The molecule has 2 aromatic rings. The van der Waals surface area contributed by atoms with Crippen molar-refractivity contribution in [1.29, 1.82) is 0 Å². The Morgan fingerprint density at radius 1 is 1.19 bits per heavy atom. The van der Waals surface area contributed by atoms with Crippen LogP contribution in [0.1, 0.15) is 66.7 Å². The molecule has 0 saturated heterocycles. The SMILES string of the molecule is C=C(/C=C\C=C(/C)c1nnc2n1CCC2)NC(=O)c1cc2c(cc1OC)CCN(C(=O)CC(C)C)C2. The maximum Gasteiger partial charge on any atom is 0.259 e. The van der Waals surface area contributed by atoms with Crippen LogP contribution in [0, 0.1) is 5.92 Å². The van der Waals surface area contributed by atoms with Gasteiger partial charge in [-0.05, 0) is 60.6 Å². The zero-order valence-corrected chi connectivity index (χ0v) is 21.6. The molecule has 1 N–H and O–H groups in total. The minimum atomic E-state index is -0.300. The molecule has 8 heteroatoms. The normalized spacial score (nSPS) is 15.2. The highest BCUT2D eigenvalue weighted by Crippen LogP contribution is 2.29. The second kappa shape index (κ2) is 10.9. The molecule has 0 unspecified atom stereocenters. The van der Waals surface area contributed by atoms with Crippen LogP contribution in [0.15, 0.2) is 42.6 Å². The van der Waals surface area contributed by atoms with Crippen LogP contribution in [0.25, 0.3) is 5.57 Å². The lowest BCUT2D eigenvalue weighted by Crippen LogP contribution is -2.36. The van der Waals surface area contributed by atoms with E-state index in [4.69, 9.17) is 4.74 Å². The van der Waals surface area contributed by atoms with Gasteiger partial charge in [-0.1, -0.05) is 32.6 Å². The van der Waals surface area contributed by atoms with Gasteiger partial charge < -0.3 is 19.5 Å². The summed E-state index contributed by atoms with van der Waals surface area (Å²) in [5.41, 5.74) is 3.97. The van der Waals surface area contributed by atoms with E-state index in [0.29, 0.717) is 42.4 Å². The summed E-state index contributed by atoms with van der Waals surface area (Å²) in [5, 5.41) is 11.4. The molecule has 0 spiro atoms. The lowest BCUT2D eigenvalue weighted by atomic mass is 9.95. The first kappa shape index (κ1) is 25.4. The highest BCUT2D eigenvalue weighted by molar-refractivity contribution is 5.98. The van der Waals surface area contributed by atoms with Crippen LogP contribution in [-0.2, 0) is 30.7 Å². The number of aromatic nitrogens is 3. The van der Waals surface area contributed by atoms with E-state index in [2.05, 4.69) is 26.7 Å². The number of fused-ring (bicyclic) bond motifs is 2. The Bertz CT molecular complexity index is 1240. The van der Waals surface area contributed by atoms with Crippen molar-refractivity contribution in [2.75, 3.05) is 13.7 Å². The third-order valence-electron chi connectivity index (χ3n) is 6.59. The molecule has 36 heavy (non-hydrogen) atoms. The second-order valence-corrected chi connectivity index (χ2v) is 9.87. The summed E-state index contributed by atoms with van der Waals surface area (Å²) in [6.45, 7) is 12.2. The number of hydrogen-bond acceptors (Lipinski definition) is 5. The number of hydrogen-bond donors (Lipinski definition) is 1. The number of rotatable bonds is 8. The Morgan fingerprint density at radius 3 is 2.75 bits per heavy atom. The highest BCUT2D eigenvalue weighted by atomic mass is 16.5. The van der Waals surface area contributed by atoms with Gasteiger partial charge in [0, 0.05) is 38.2 Å². The second-order valence-electron chi connectivity index (χ2n) is 9.87. The van der Waals surface area contributed by atoms with Crippen molar-refractivity contribution in [3.05, 3.63) is 71.0 Å². The third kappa shape index (κ3) is 5.58. The van der Waals surface area contributed by atoms with Gasteiger partial charge in [0.1, 0.15) is 11.6 Å². The Morgan fingerprint density at radius 2 is 2.00 bits per heavy atom. The summed E-state index contributed by atoms with van der Waals surface area (Å²) < 4.78 is 7.67. The number of carbonyl (C=O) groups excluding carboxylic acids is 2. The van der Waals surface area contributed by atoms with E-state index in [1.165, 1.54) is 0 Å². The van der Waals surface area contributed by atoms with E-state index in [1.807, 2.05) is 50.0 Å². The fourth-order valence-electron chi connectivity index (χ4n) is 4.70. The smallest absolute Gasteiger partial charge is 0.259 e. The maximum atomic E-state index is 13.1. The predicted molar refractivity (Wildman–Crippen MR) is 139 cm³/mol. The average molecular weight is 490 g/mol. The van der Waals surface area contributed by atoms with Crippen molar-refractivity contribution in [2.24, 2.45) is 5.92 Å². The van der Waals surface area contributed by atoms with E-state index in [9.17, 15) is 9.59 Å². The number of nitrogens with one attached hydrogen (secondary N) is 1. The van der Waals surface area contributed by atoms with Crippen LogP contribution in [-0.4, -0.2) is 45.1 Å². The van der Waals surface area contributed by atoms with Gasteiger partial charge in [0.25, 0.3) is 5.91 Å². The zero-order chi connectivity index (χ0) is 25.8. The van der Waals surface area contributed by atoms with E-state index >= 15 is 0 Å². The quantitative estimate of drug-likeness (QED) is 0.565. The predicted octanol–water partition coefficient (Wildman–Crippen LogP) is 4.07. The number of allylic oxidation sites excluding steroid dienone is 4. The first-order valence-corrected chi connectivity index (χ1v) is 12.5. The van der Waals surface area contributed by atoms with E-state index in [0.717, 1.165) is 54.2 Å². The fourth-order valence-corrected chi connectivity index (χ4v) is 4.70. The molecule has 190 valence electrons. The molecule has 2 aliphatic heterocycles. The number of benzene rings is 1. The number of nitrogens with zero attached hydrogens (tertiary/aromatic N) is 4. The Kier molecular flexibility index (Phi) is 7.72. The van der Waals surface area contributed by atoms with E-state index in [-0.39, 0.29) is 11.8 Å². The summed E-state index contributed by atoms with van der Waals surface area (Å²) in [6.07, 6.45) is 8.87. The van der Waals surface area contributed by atoms with Gasteiger partial charge in [-0.15, -0.1) is 10.2 Å². The highest BCUT2D eigenvalue weighted by Gasteiger charge is 2.24. The molecule has 3 heterocycles. The molecule has 1 aromatic carbocycles. The van der Waals surface area contributed by atoms with Crippen molar-refractivity contribution in [3.63, 3.8) is 0 Å². The molecule has 0 fully saturated rings. The van der Waals surface area contributed by atoms with Crippen molar-refractivity contribution in [2.45, 2.75) is 59.5 Å². The Balaban J connectivity index is 1.43.